The topological polar surface area (TPSA) is 0 Å². The fourth-order valence-corrected chi connectivity index (χ4v) is 3.84. The van der Waals surface area contributed by atoms with Crippen molar-refractivity contribution >= 4 is 32.3 Å². The third-order valence-corrected chi connectivity index (χ3v) is 5.53. The Balaban J connectivity index is 0.000000195. The third kappa shape index (κ3) is 5.58. The highest BCUT2D eigenvalue weighted by Gasteiger charge is 2.00. The van der Waals surface area contributed by atoms with Gasteiger partial charge in [-0.2, -0.15) is 0 Å². The molecule has 0 spiro atoms. The monoisotopic (exact) mass is 370 g/mol. The number of unbranched alkanes of at least 4 members (excludes halogenated alkanes) is 7. The van der Waals surface area contributed by atoms with Gasteiger partial charge in [-0.05, 0) is 56.6 Å². The van der Waals surface area contributed by atoms with Gasteiger partial charge in [-0.15, -0.1) is 0 Å². The molecule has 0 heterocycles. The maximum atomic E-state index is 2.27. The van der Waals surface area contributed by atoms with Crippen molar-refractivity contribution in [3.8, 4) is 0 Å². The summed E-state index contributed by atoms with van der Waals surface area (Å²) >= 11 is 0. The largest absolute Gasteiger partial charge is 0.0654 e. The van der Waals surface area contributed by atoms with Crippen LogP contribution in [0.5, 0.6) is 0 Å². The SMILES string of the molecule is CCCCCCCCCC.c1ccc2cc3cc4ccccc4cc3cc2c1. The van der Waals surface area contributed by atoms with Crippen molar-refractivity contribution in [2.24, 2.45) is 0 Å². The molecule has 0 aliphatic heterocycles. The van der Waals surface area contributed by atoms with E-state index in [9.17, 15) is 0 Å². The Kier molecular flexibility index (Phi) is 7.91. The number of hydrogen-bond acceptors (Lipinski definition) is 0. The van der Waals surface area contributed by atoms with Gasteiger partial charge in [-0.25, -0.2) is 0 Å². The standard InChI is InChI=1S/C18H12.C10H22/c1-2-6-14-10-18-12-16-8-4-3-7-15(16)11-17(18)9-13(14)5-1;1-3-5-7-9-10-8-6-4-2/h1-12H;3-10H2,1-2H3. The Hall–Kier alpha value is -2.34. The van der Waals surface area contributed by atoms with E-state index in [0.717, 1.165) is 0 Å². The lowest BCUT2D eigenvalue weighted by Crippen LogP contribution is -1.78. The van der Waals surface area contributed by atoms with Crippen LogP contribution in [-0.4, -0.2) is 0 Å². The van der Waals surface area contributed by atoms with Crippen LogP contribution in [0.1, 0.15) is 65.2 Å². The van der Waals surface area contributed by atoms with Crippen LogP contribution in [0, 0.1) is 0 Å². The molecule has 28 heavy (non-hydrogen) atoms. The van der Waals surface area contributed by atoms with Gasteiger partial charge in [0.05, 0.1) is 0 Å². The minimum Gasteiger partial charge on any atom is -0.0654 e. The van der Waals surface area contributed by atoms with Crippen LogP contribution in [0.4, 0.5) is 0 Å². The summed E-state index contributed by atoms with van der Waals surface area (Å²) in [6, 6.07) is 26.2. The fourth-order valence-electron chi connectivity index (χ4n) is 3.84. The zero-order valence-corrected chi connectivity index (χ0v) is 17.6. The molecule has 0 N–H and O–H groups in total. The van der Waals surface area contributed by atoms with Crippen LogP contribution in [0.3, 0.4) is 0 Å². The molecule has 0 aromatic heterocycles. The van der Waals surface area contributed by atoms with Crippen molar-refractivity contribution in [2.45, 2.75) is 65.2 Å². The average molecular weight is 371 g/mol. The molecule has 0 aliphatic rings. The minimum absolute atomic E-state index is 1.31. The Morgan fingerprint density at radius 3 is 0.964 bits per heavy atom. The molecule has 0 fully saturated rings. The summed E-state index contributed by atoms with van der Waals surface area (Å²) in [5.41, 5.74) is 0. The summed E-state index contributed by atoms with van der Waals surface area (Å²) < 4.78 is 0. The Morgan fingerprint density at radius 2 is 0.679 bits per heavy atom. The van der Waals surface area contributed by atoms with E-state index in [1.807, 2.05) is 0 Å². The highest BCUT2D eigenvalue weighted by Crippen LogP contribution is 2.27. The maximum Gasteiger partial charge on any atom is -0.0171 e. The summed E-state index contributed by atoms with van der Waals surface area (Å²) in [4.78, 5) is 0. The van der Waals surface area contributed by atoms with Crippen molar-refractivity contribution in [1.29, 1.82) is 0 Å². The summed E-state index contributed by atoms with van der Waals surface area (Å²) in [6.07, 6.45) is 11.5. The molecule has 0 heteroatoms. The van der Waals surface area contributed by atoms with E-state index < -0.39 is 0 Å². The highest BCUT2D eigenvalue weighted by atomic mass is 14.0. The van der Waals surface area contributed by atoms with Crippen LogP contribution >= 0.6 is 0 Å². The van der Waals surface area contributed by atoms with E-state index in [2.05, 4.69) is 86.6 Å². The van der Waals surface area contributed by atoms with Crippen LogP contribution in [0.2, 0.25) is 0 Å². The third-order valence-electron chi connectivity index (χ3n) is 5.53. The Labute approximate surface area is 170 Å². The lowest BCUT2D eigenvalue weighted by atomic mass is 10.00. The number of hydrogen-bond donors (Lipinski definition) is 0. The van der Waals surface area contributed by atoms with Gasteiger partial charge in [0.25, 0.3) is 0 Å². The second kappa shape index (κ2) is 10.9. The lowest BCUT2D eigenvalue weighted by Gasteiger charge is -2.04. The molecule has 146 valence electrons. The van der Waals surface area contributed by atoms with Crippen molar-refractivity contribution in [2.75, 3.05) is 0 Å². The Morgan fingerprint density at radius 1 is 0.393 bits per heavy atom. The van der Waals surface area contributed by atoms with Gasteiger partial charge in [0.15, 0.2) is 0 Å². The molecule has 4 aromatic carbocycles. The predicted octanol–water partition coefficient (Wildman–Crippen LogP) is 9.29. The van der Waals surface area contributed by atoms with Gasteiger partial charge in [-0.3, -0.25) is 0 Å². The van der Waals surface area contributed by atoms with Gasteiger partial charge in [0.2, 0.25) is 0 Å². The molecule has 0 aliphatic carbocycles. The summed E-state index contributed by atoms with van der Waals surface area (Å²) in [7, 11) is 0. The molecule has 0 atom stereocenters. The van der Waals surface area contributed by atoms with Gasteiger partial charge in [-0.1, -0.05) is 114 Å². The first-order valence-corrected chi connectivity index (χ1v) is 11.1. The van der Waals surface area contributed by atoms with E-state index in [4.69, 9.17) is 0 Å². The van der Waals surface area contributed by atoms with Crippen molar-refractivity contribution < 1.29 is 0 Å². The van der Waals surface area contributed by atoms with E-state index >= 15 is 0 Å². The van der Waals surface area contributed by atoms with Gasteiger partial charge in [0.1, 0.15) is 0 Å². The minimum atomic E-state index is 1.31. The van der Waals surface area contributed by atoms with Crippen LogP contribution in [0.15, 0.2) is 72.8 Å². The van der Waals surface area contributed by atoms with E-state index in [0.29, 0.717) is 0 Å². The molecule has 4 aromatic rings. The van der Waals surface area contributed by atoms with Crippen molar-refractivity contribution in [3.63, 3.8) is 0 Å². The summed E-state index contributed by atoms with van der Waals surface area (Å²) in [6.45, 7) is 4.54. The molecule has 4 rings (SSSR count). The molecule has 0 radical (unpaired) electrons. The molecular formula is C28H34. The Bertz CT molecular complexity index is 844. The zero-order chi connectivity index (χ0) is 19.6. The quantitative estimate of drug-likeness (QED) is 0.224. The maximum absolute atomic E-state index is 2.27. The first kappa shape index (κ1) is 20.4. The van der Waals surface area contributed by atoms with Crippen LogP contribution < -0.4 is 0 Å². The number of fused-ring (bicyclic) bond motifs is 3. The number of benzene rings is 4. The molecule has 0 unspecified atom stereocenters. The van der Waals surface area contributed by atoms with E-state index in [1.54, 1.807) is 0 Å². The molecule has 0 bridgehead atoms. The molecule has 0 saturated carbocycles. The summed E-state index contributed by atoms with van der Waals surface area (Å²) in [5, 5.41) is 7.85. The second-order valence-corrected chi connectivity index (χ2v) is 7.87. The van der Waals surface area contributed by atoms with Gasteiger partial charge in [0, 0.05) is 0 Å². The van der Waals surface area contributed by atoms with Crippen LogP contribution in [-0.2, 0) is 0 Å². The molecule has 0 nitrogen and oxygen atoms in total. The smallest absolute Gasteiger partial charge is 0.0171 e. The first-order valence-electron chi connectivity index (χ1n) is 11.1. The molecule has 0 amide bonds. The molecular weight excluding hydrogens is 336 g/mol. The zero-order valence-electron chi connectivity index (χ0n) is 17.6. The van der Waals surface area contributed by atoms with E-state index in [1.165, 1.54) is 83.7 Å². The number of rotatable bonds is 7. The van der Waals surface area contributed by atoms with Crippen LogP contribution in [0.25, 0.3) is 32.3 Å². The predicted molar refractivity (Wildman–Crippen MR) is 127 cm³/mol. The van der Waals surface area contributed by atoms with Crippen molar-refractivity contribution in [3.05, 3.63) is 72.8 Å². The summed E-state index contributed by atoms with van der Waals surface area (Å²) in [5.74, 6) is 0. The van der Waals surface area contributed by atoms with Gasteiger partial charge >= 0.3 is 0 Å². The van der Waals surface area contributed by atoms with Gasteiger partial charge < -0.3 is 0 Å². The normalized spacial score (nSPS) is 10.9. The lowest BCUT2D eigenvalue weighted by molar-refractivity contribution is 0.585. The highest BCUT2D eigenvalue weighted by molar-refractivity contribution is 6.04. The fraction of sp³-hybridized carbons (Fsp3) is 0.357. The van der Waals surface area contributed by atoms with Crippen molar-refractivity contribution in [1.82, 2.24) is 0 Å². The second-order valence-electron chi connectivity index (χ2n) is 7.87. The first-order chi connectivity index (χ1) is 13.8. The van der Waals surface area contributed by atoms with E-state index in [-0.39, 0.29) is 0 Å². The molecule has 0 saturated heterocycles. The average Bonchev–Trinajstić information content (AvgIpc) is 2.73.